The Kier molecular flexibility index (Phi) is 1.71. The van der Waals surface area contributed by atoms with Gasteiger partial charge in [0, 0.05) is 7.05 Å². The first kappa shape index (κ1) is 8.94. The molecular formula is C11H11NO2. The number of amides is 1. The lowest BCUT2D eigenvalue weighted by Crippen LogP contribution is -2.25. The molecule has 14 heavy (non-hydrogen) atoms. The number of ketones is 1. The van der Waals surface area contributed by atoms with Gasteiger partial charge < -0.3 is 4.90 Å². The molecule has 0 saturated heterocycles. The Morgan fingerprint density at radius 3 is 2.43 bits per heavy atom. The zero-order valence-electron chi connectivity index (χ0n) is 8.42. The third kappa shape index (κ3) is 0.923. The van der Waals surface area contributed by atoms with Crippen LogP contribution in [0.2, 0.25) is 0 Å². The molecule has 3 heteroatoms. The molecule has 1 amide bonds. The number of carbonyl (C=O) groups is 2. The van der Waals surface area contributed by atoms with Gasteiger partial charge in [-0.3, -0.25) is 9.59 Å². The second-order valence-corrected chi connectivity index (χ2v) is 3.60. The van der Waals surface area contributed by atoms with E-state index in [2.05, 4.69) is 0 Å². The van der Waals surface area contributed by atoms with Crippen molar-refractivity contribution in [1.82, 2.24) is 0 Å². The summed E-state index contributed by atoms with van der Waals surface area (Å²) in [6.07, 6.45) is 0. The second kappa shape index (κ2) is 2.67. The van der Waals surface area contributed by atoms with Crippen LogP contribution in [-0.4, -0.2) is 18.7 Å². The molecule has 0 atom stereocenters. The Labute approximate surface area is 82.3 Å². The lowest BCUT2D eigenvalue weighted by molar-refractivity contribution is -0.114. The summed E-state index contributed by atoms with van der Waals surface area (Å²) < 4.78 is 0. The minimum absolute atomic E-state index is 0.398. The fraction of sp³-hybridized carbons (Fsp3) is 0.273. The van der Waals surface area contributed by atoms with E-state index in [9.17, 15) is 9.59 Å². The monoisotopic (exact) mass is 189 g/mol. The van der Waals surface area contributed by atoms with Gasteiger partial charge in [0.1, 0.15) is 0 Å². The summed E-state index contributed by atoms with van der Waals surface area (Å²) in [5.41, 5.74) is 3.39. The largest absolute Gasteiger partial charge is 0.308 e. The molecule has 1 heterocycles. The smallest absolute Gasteiger partial charge is 0.299 e. The van der Waals surface area contributed by atoms with Crippen molar-refractivity contribution in [2.45, 2.75) is 13.8 Å². The van der Waals surface area contributed by atoms with E-state index in [-0.39, 0.29) is 0 Å². The van der Waals surface area contributed by atoms with Crippen molar-refractivity contribution in [2.24, 2.45) is 0 Å². The van der Waals surface area contributed by atoms with Gasteiger partial charge in [0.15, 0.2) is 0 Å². The van der Waals surface area contributed by atoms with Crippen LogP contribution in [-0.2, 0) is 4.79 Å². The zero-order valence-corrected chi connectivity index (χ0v) is 8.42. The van der Waals surface area contributed by atoms with E-state index in [0.717, 1.165) is 16.8 Å². The maximum atomic E-state index is 11.5. The molecule has 1 aliphatic rings. The average Bonchev–Trinajstić information content (AvgIpc) is 2.38. The first-order chi connectivity index (χ1) is 6.54. The first-order valence-electron chi connectivity index (χ1n) is 4.46. The number of Topliss-reactive ketones (excluding diaryl/α,β-unsaturated/α-hetero) is 1. The van der Waals surface area contributed by atoms with Crippen molar-refractivity contribution in [3.63, 3.8) is 0 Å². The summed E-state index contributed by atoms with van der Waals surface area (Å²) in [7, 11) is 1.64. The minimum atomic E-state index is -0.436. The molecule has 72 valence electrons. The molecule has 0 unspecified atom stereocenters. The fourth-order valence-corrected chi connectivity index (χ4v) is 1.79. The normalized spacial score (nSPS) is 14.9. The van der Waals surface area contributed by atoms with Crippen LogP contribution in [0.5, 0.6) is 0 Å². The summed E-state index contributed by atoms with van der Waals surface area (Å²) in [6, 6.07) is 3.60. The summed E-state index contributed by atoms with van der Waals surface area (Å²) in [5, 5.41) is 0. The van der Waals surface area contributed by atoms with Crippen LogP contribution >= 0.6 is 0 Å². The summed E-state index contributed by atoms with van der Waals surface area (Å²) in [4.78, 5) is 24.3. The molecule has 3 nitrogen and oxygen atoms in total. The lowest BCUT2D eigenvalue weighted by atomic mass is 10.0. The SMILES string of the molecule is Cc1ccc2c(c1C)N(C)C(=O)C2=O. The third-order valence-electron chi connectivity index (χ3n) is 2.78. The zero-order chi connectivity index (χ0) is 10.5. The molecule has 0 N–H and O–H groups in total. The maximum absolute atomic E-state index is 11.5. The average molecular weight is 189 g/mol. The number of hydrogen-bond donors (Lipinski definition) is 0. The number of nitrogens with zero attached hydrogens (tertiary/aromatic N) is 1. The molecule has 0 spiro atoms. The van der Waals surface area contributed by atoms with E-state index in [1.807, 2.05) is 19.9 Å². The van der Waals surface area contributed by atoms with Gasteiger partial charge in [-0.05, 0) is 31.0 Å². The maximum Gasteiger partial charge on any atom is 0.299 e. The summed E-state index contributed by atoms with van der Waals surface area (Å²) in [5.74, 6) is -0.834. The summed E-state index contributed by atoms with van der Waals surface area (Å²) in [6.45, 7) is 3.90. The van der Waals surface area contributed by atoms with Crippen LogP contribution in [0.15, 0.2) is 12.1 Å². The van der Waals surface area contributed by atoms with Crippen molar-refractivity contribution in [3.05, 3.63) is 28.8 Å². The molecule has 2 rings (SSSR count). The van der Waals surface area contributed by atoms with Gasteiger partial charge in [0.05, 0.1) is 11.3 Å². The standard InChI is InChI=1S/C11H11NO2/c1-6-4-5-8-9(7(6)2)12(3)11(14)10(8)13/h4-5H,1-3H3. The molecule has 0 bridgehead atoms. The quantitative estimate of drug-likeness (QED) is 0.579. The molecule has 0 aliphatic carbocycles. The Morgan fingerprint density at radius 1 is 1.14 bits per heavy atom. The van der Waals surface area contributed by atoms with Gasteiger partial charge in [0.2, 0.25) is 0 Å². The van der Waals surface area contributed by atoms with Crippen molar-refractivity contribution < 1.29 is 9.59 Å². The van der Waals surface area contributed by atoms with Crippen LogP contribution in [0, 0.1) is 13.8 Å². The van der Waals surface area contributed by atoms with Crippen molar-refractivity contribution in [2.75, 3.05) is 11.9 Å². The second-order valence-electron chi connectivity index (χ2n) is 3.60. The van der Waals surface area contributed by atoms with Gasteiger partial charge in [-0.15, -0.1) is 0 Å². The van der Waals surface area contributed by atoms with Gasteiger partial charge in [-0.1, -0.05) is 6.07 Å². The van der Waals surface area contributed by atoms with Crippen molar-refractivity contribution in [3.8, 4) is 0 Å². The van der Waals surface area contributed by atoms with Crippen LogP contribution in [0.4, 0.5) is 5.69 Å². The van der Waals surface area contributed by atoms with E-state index in [4.69, 9.17) is 0 Å². The van der Waals surface area contributed by atoms with Gasteiger partial charge in [-0.2, -0.15) is 0 Å². The van der Waals surface area contributed by atoms with Crippen LogP contribution in [0.3, 0.4) is 0 Å². The lowest BCUT2D eigenvalue weighted by Gasteiger charge is -2.13. The number of anilines is 1. The Morgan fingerprint density at radius 2 is 1.79 bits per heavy atom. The van der Waals surface area contributed by atoms with E-state index >= 15 is 0 Å². The summed E-state index contributed by atoms with van der Waals surface area (Å²) >= 11 is 0. The number of hydrogen-bond acceptors (Lipinski definition) is 2. The highest BCUT2D eigenvalue weighted by molar-refractivity contribution is 6.52. The predicted octanol–water partition coefficient (Wildman–Crippen LogP) is 1.46. The molecule has 1 aromatic rings. The molecule has 0 saturated carbocycles. The number of aryl methyl sites for hydroxylation is 1. The van der Waals surface area contributed by atoms with E-state index < -0.39 is 11.7 Å². The Hall–Kier alpha value is -1.64. The molecule has 1 aliphatic heterocycles. The predicted molar refractivity (Wildman–Crippen MR) is 53.7 cm³/mol. The van der Waals surface area contributed by atoms with Crippen LogP contribution < -0.4 is 4.90 Å². The van der Waals surface area contributed by atoms with Crippen molar-refractivity contribution in [1.29, 1.82) is 0 Å². The topological polar surface area (TPSA) is 37.4 Å². The van der Waals surface area contributed by atoms with Crippen LogP contribution in [0.1, 0.15) is 21.5 Å². The number of benzene rings is 1. The highest BCUT2D eigenvalue weighted by Gasteiger charge is 2.34. The van der Waals surface area contributed by atoms with Gasteiger partial charge in [-0.25, -0.2) is 0 Å². The third-order valence-corrected chi connectivity index (χ3v) is 2.78. The Balaban J connectivity index is 2.76. The highest BCUT2D eigenvalue weighted by Crippen LogP contribution is 2.32. The van der Waals surface area contributed by atoms with E-state index in [1.54, 1.807) is 13.1 Å². The number of carbonyl (C=O) groups excluding carboxylic acids is 2. The van der Waals surface area contributed by atoms with E-state index in [1.165, 1.54) is 4.90 Å². The molecular weight excluding hydrogens is 178 g/mol. The highest BCUT2D eigenvalue weighted by atomic mass is 16.2. The number of rotatable bonds is 0. The fourth-order valence-electron chi connectivity index (χ4n) is 1.79. The number of likely N-dealkylation sites (N-methyl/N-ethyl adjacent to an activating group) is 1. The van der Waals surface area contributed by atoms with Crippen LogP contribution in [0.25, 0.3) is 0 Å². The van der Waals surface area contributed by atoms with Crippen molar-refractivity contribution >= 4 is 17.4 Å². The van der Waals surface area contributed by atoms with Gasteiger partial charge in [0.25, 0.3) is 11.7 Å². The minimum Gasteiger partial charge on any atom is -0.308 e. The number of fused-ring (bicyclic) bond motifs is 1. The Bertz CT molecular complexity index is 449. The first-order valence-corrected chi connectivity index (χ1v) is 4.46. The molecule has 0 aromatic heterocycles. The molecule has 1 aromatic carbocycles. The molecule has 0 radical (unpaired) electrons. The molecule has 0 fully saturated rings. The van der Waals surface area contributed by atoms with E-state index in [0.29, 0.717) is 5.56 Å². The van der Waals surface area contributed by atoms with Gasteiger partial charge >= 0.3 is 0 Å².